The van der Waals surface area contributed by atoms with Gasteiger partial charge in [-0.1, -0.05) is 12.1 Å². The van der Waals surface area contributed by atoms with E-state index in [1.165, 1.54) is 0 Å². The molecule has 0 aliphatic carbocycles. The number of phenols is 1. The van der Waals surface area contributed by atoms with E-state index >= 15 is 0 Å². The van der Waals surface area contributed by atoms with Gasteiger partial charge in [0.15, 0.2) is 0 Å². The highest BCUT2D eigenvalue weighted by molar-refractivity contribution is 5.80. The molecule has 0 aliphatic rings. The maximum Gasteiger partial charge on any atom is 0.117 e. The monoisotopic (exact) mass is 185 g/mol. The Hall–Kier alpha value is -1.83. The van der Waals surface area contributed by atoms with Crippen molar-refractivity contribution in [2.45, 2.75) is 6.42 Å². The smallest absolute Gasteiger partial charge is 0.117 e. The minimum atomic E-state index is 0.251. The maximum atomic E-state index is 9.29. The number of aromatic nitrogens is 1. The van der Waals surface area contributed by atoms with Crippen molar-refractivity contribution >= 4 is 10.9 Å². The summed E-state index contributed by atoms with van der Waals surface area (Å²) in [6.45, 7) is 3.66. The van der Waals surface area contributed by atoms with Crippen molar-refractivity contribution in [2.75, 3.05) is 0 Å². The number of rotatable bonds is 2. The predicted molar refractivity (Wildman–Crippen MR) is 57.3 cm³/mol. The van der Waals surface area contributed by atoms with Crippen molar-refractivity contribution in [1.29, 1.82) is 0 Å². The Bertz CT molecular complexity index is 477. The lowest BCUT2D eigenvalue weighted by molar-refractivity contribution is 0.476. The van der Waals surface area contributed by atoms with Crippen LogP contribution in [0.3, 0.4) is 0 Å². The van der Waals surface area contributed by atoms with E-state index in [1.54, 1.807) is 12.1 Å². The molecule has 1 heterocycles. The maximum absolute atomic E-state index is 9.29. The first-order valence-corrected chi connectivity index (χ1v) is 4.49. The van der Waals surface area contributed by atoms with E-state index in [9.17, 15) is 5.11 Å². The fraction of sp³-hybridized carbons (Fsp3) is 0.0833. The second-order valence-corrected chi connectivity index (χ2v) is 3.17. The summed E-state index contributed by atoms with van der Waals surface area (Å²) < 4.78 is 0. The number of aromatic hydroxyl groups is 1. The lowest BCUT2D eigenvalue weighted by atomic mass is 10.2. The second kappa shape index (κ2) is 3.50. The Balaban J connectivity index is 2.57. The van der Waals surface area contributed by atoms with Crippen LogP contribution in [0.5, 0.6) is 5.75 Å². The molecule has 0 radical (unpaired) electrons. The normalized spacial score (nSPS) is 10.3. The van der Waals surface area contributed by atoms with Crippen LogP contribution in [0, 0.1) is 0 Å². The van der Waals surface area contributed by atoms with E-state index in [0.717, 1.165) is 23.0 Å². The zero-order chi connectivity index (χ0) is 9.97. The van der Waals surface area contributed by atoms with Gasteiger partial charge in [0.1, 0.15) is 5.75 Å². The summed E-state index contributed by atoms with van der Waals surface area (Å²) in [6.07, 6.45) is 2.57. The van der Waals surface area contributed by atoms with Crippen LogP contribution in [0.2, 0.25) is 0 Å². The average Bonchev–Trinajstić information content (AvgIpc) is 2.17. The fourth-order valence-electron chi connectivity index (χ4n) is 1.41. The van der Waals surface area contributed by atoms with Crippen molar-refractivity contribution in [3.05, 3.63) is 48.7 Å². The van der Waals surface area contributed by atoms with Gasteiger partial charge in [-0.05, 0) is 18.2 Å². The van der Waals surface area contributed by atoms with Crippen LogP contribution in [0.1, 0.15) is 5.69 Å². The molecule has 0 bridgehead atoms. The molecule has 1 N–H and O–H groups in total. The highest BCUT2D eigenvalue weighted by Gasteiger charge is 1.97. The zero-order valence-corrected chi connectivity index (χ0v) is 7.77. The summed E-state index contributed by atoms with van der Waals surface area (Å²) in [5.41, 5.74) is 1.79. The molecule has 70 valence electrons. The van der Waals surface area contributed by atoms with Gasteiger partial charge < -0.3 is 5.11 Å². The molecule has 2 rings (SSSR count). The number of hydrogen-bond donors (Lipinski definition) is 1. The molecule has 0 atom stereocenters. The van der Waals surface area contributed by atoms with E-state index < -0.39 is 0 Å². The molecule has 0 aliphatic heterocycles. The molecule has 0 spiro atoms. The Kier molecular flexibility index (Phi) is 2.19. The second-order valence-electron chi connectivity index (χ2n) is 3.17. The standard InChI is InChI=1S/C12H11NO/c1-2-3-10-6-4-9-5-7-11(14)8-12(9)13-10/h2,4-8,14H,1,3H2. The summed E-state index contributed by atoms with van der Waals surface area (Å²) in [5, 5.41) is 10.3. The molecule has 0 saturated heterocycles. The van der Waals surface area contributed by atoms with Crippen molar-refractivity contribution in [3.8, 4) is 5.75 Å². The Morgan fingerprint density at radius 3 is 2.86 bits per heavy atom. The molecule has 2 nitrogen and oxygen atoms in total. The van der Waals surface area contributed by atoms with Gasteiger partial charge in [0.05, 0.1) is 5.52 Å². The van der Waals surface area contributed by atoms with Crippen LogP contribution in [0.4, 0.5) is 0 Å². The van der Waals surface area contributed by atoms with Gasteiger partial charge in [-0.15, -0.1) is 6.58 Å². The number of phenolic OH excluding ortho intramolecular Hbond substituents is 1. The van der Waals surface area contributed by atoms with Gasteiger partial charge in [-0.25, -0.2) is 0 Å². The lowest BCUT2D eigenvalue weighted by Crippen LogP contribution is -1.87. The molecule has 1 aromatic carbocycles. The molecule has 0 unspecified atom stereocenters. The number of fused-ring (bicyclic) bond motifs is 1. The lowest BCUT2D eigenvalue weighted by Gasteiger charge is -2.00. The van der Waals surface area contributed by atoms with Crippen LogP contribution in [0.25, 0.3) is 10.9 Å². The van der Waals surface area contributed by atoms with E-state index in [1.807, 2.05) is 24.3 Å². The molecule has 0 saturated carbocycles. The third kappa shape index (κ3) is 1.59. The van der Waals surface area contributed by atoms with Gasteiger partial charge in [0, 0.05) is 23.6 Å². The number of hydrogen-bond acceptors (Lipinski definition) is 2. The summed E-state index contributed by atoms with van der Waals surface area (Å²) in [6, 6.07) is 9.16. The minimum Gasteiger partial charge on any atom is -0.508 e. The van der Waals surface area contributed by atoms with Gasteiger partial charge in [-0.2, -0.15) is 0 Å². The van der Waals surface area contributed by atoms with Gasteiger partial charge in [0.25, 0.3) is 0 Å². The van der Waals surface area contributed by atoms with Crippen molar-refractivity contribution in [1.82, 2.24) is 4.98 Å². The summed E-state index contributed by atoms with van der Waals surface area (Å²) in [5.74, 6) is 0.251. The first kappa shape index (κ1) is 8.75. The van der Waals surface area contributed by atoms with Gasteiger partial charge >= 0.3 is 0 Å². The Labute approximate surface area is 82.5 Å². The van der Waals surface area contributed by atoms with E-state index in [0.29, 0.717) is 0 Å². The topological polar surface area (TPSA) is 33.1 Å². The average molecular weight is 185 g/mol. The van der Waals surface area contributed by atoms with Crippen LogP contribution < -0.4 is 0 Å². The first-order chi connectivity index (χ1) is 6.79. The minimum absolute atomic E-state index is 0.251. The first-order valence-electron chi connectivity index (χ1n) is 4.49. The molecule has 1 aromatic heterocycles. The van der Waals surface area contributed by atoms with Crippen molar-refractivity contribution < 1.29 is 5.11 Å². The quantitative estimate of drug-likeness (QED) is 0.729. The number of pyridine rings is 1. The third-order valence-electron chi connectivity index (χ3n) is 2.09. The van der Waals surface area contributed by atoms with Crippen molar-refractivity contribution in [2.24, 2.45) is 0 Å². The fourth-order valence-corrected chi connectivity index (χ4v) is 1.41. The molecular formula is C12H11NO. The molecular weight excluding hydrogens is 174 g/mol. The van der Waals surface area contributed by atoms with Crippen LogP contribution in [-0.2, 0) is 6.42 Å². The molecule has 2 aromatic rings. The van der Waals surface area contributed by atoms with E-state index in [-0.39, 0.29) is 5.75 Å². The summed E-state index contributed by atoms with van der Waals surface area (Å²) >= 11 is 0. The number of allylic oxidation sites excluding steroid dienone is 1. The SMILES string of the molecule is C=CCc1ccc2ccc(O)cc2n1. The molecule has 0 fully saturated rings. The van der Waals surface area contributed by atoms with Gasteiger partial charge in [-0.3, -0.25) is 4.98 Å². The molecule has 0 amide bonds. The van der Waals surface area contributed by atoms with Crippen LogP contribution in [0.15, 0.2) is 43.0 Å². The predicted octanol–water partition coefficient (Wildman–Crippen LogP) is 2.67. The Morgan fingerprint density at radius 1 is 1.29 bits per heavy atom. The highest BCUT2D eigenvalue weighted by atomic mass is 16.3. The Morgan fingerprint density at radius 2 is 2.07 bits per heavy atom. The number of benzene rings is 1. The van der Waals surface area contributed by atoms with E-state index in [2.05, 4.69) is 11.6 Å². The third-order valence-corrected chi connectivity index (χ3v) is 2.09. The number of nitrogens with zero attached hydrogens (tertiary/aromatic N) is 1. The largest absolute Gasteiger partial charge is 0.508 e. The van der Waals surface area contributed by atoms with E-state index in [4.69, 9.17) is 0 Å². The zero-order valence-electron chi connectivity index (χ0n) is 7.77. The summed E-state index contributed by atoms with van der Waals surface area (Å²) in [4.78, 5) is 4.39. The van der Waals surface area contributed by atoms with Gasteiger partial charge in [0.2, 0.25) is 0 Å². The van der Waals surface area contributed by atoms with Crippen LogP contribution >= 0.6 is 0 Å². The summed E-state index contributed by atoms with van der Waals surface area (Å²) in [7, 11) is 0. The van der Waals surface area contributed by atoms with Crippen LogP contribution in [-0.4, -0.2) is 10.1 Å². The molecule has 2 heteroatoms. The van der Waals surface area contributed by atoms with Crippen molar-refractivity contribution in [3.63, 3.8) is 0 Å². The highest BCUT2D eigenvalue weighted by Crippen LogP contribution is 2.18. The molecule has 14 heavy (non-hydrogen) atoms.